The number of carboxylic acids is 1. The summed E-state index contributed by atoms with van der Waals surface area (Å²) in [4.78, 5) is 37.8. The van der Waals surface area contributed by atoms with Crippen LogP contribution >= 0.6 is 34.9 Å². The molecule has 1 fully saturated rings. The Balaban J connectivity index is 0.00000256. The SMILES string of the molecule is Cc1nnc(SCC2=C(C(=O)O)N3C(=O)[C@@H](NC(=O)Cn4cnnn4)[C@H]3SC2)s1.[Ag]. The number of nitrogens with zero attached hydrogens (tertiary/aromatic N) is 7. The number of hydrogen-bond acceptors (Lipinski definition) is 11. The van der Waals surface area contributed by atoms with Crippen LogP contribution in [-0.4, -0.2) is 81.1 Å². The van der Waals surface area contributed by atoms with Crippen LogP contribution in [0.2, 0.25) is 0 Å². The Morgan fingerprint density at radius 1 is 1.40 bits per heavy atom. The van der Waals surface area contributed by atoms with Gasteiger partial charge < -0.3 is 10.4 Å². The number of aliphatic carboxylic acids is 1. The minimum atomic E-state index is -1.16. The summed E-state index contributed by atoms with van der Waals surface area (Å²) in [6.45, 7) is 1.72. The standard InChI is InChI=1S/C14H14N8O4S3.Ag/c1-6-17-18-14(29-6)28-4-7-3-27-12-9(11(24)22(12)10(7)13(25)26)16-8(23)2-21-5-15-19-20-21;/h5,9,12H,2-4H2,1H3,(H,16,23)(H,25,26);/t9-,12-;/m1./s1. The third-order valence-electron chi connectivity index (χ3n) is 4.14. The fourth-order valence-corrected chi connectivity index (χ4v) is 6.20. The fraction of sp³-hybridized carbons (Fsp3) is 0.429. The molecule has 2 N–H and O–H groups in total. The van der Waals surface area contributed by atoms with Gasteiger partial charge in [0, 0.05) is 33.9 Å². The van der Waals surface area contributed by atoms with Crippen molar-refractivity contribution in [2.24, 2.45) is 0 Å². The van der Waals surface area contributed by atoms with Crippen LogP contribution < -0.4 is 5.32 Å². The molecule has 0 unspecified atom stereocenters. The quantitative estimate of drug-likeness (QED) is 0.252. The van der Waals surface area contributed by atoms with Crippen molar-refractivity contribution >= 4 is 52.6 Å². The number of nitrogens with one attached hydrogen (secondary N) is 1. The molecule has 1 radical (unpaired) electrons. The molecule has 2 aliphatic heterocycles. The maximum Gasteiger partial charge on any atom is 0.352 e. The molecule has 163 valence electrons. The molecule has 4 rings (SSSR count). The van der Waals surface area contributed by atoms with E-state index in [2.05, 4.69) is 31.0 Å². The minimum absolute atomic E-state index is 0. The van der Waals surface area contributed by atoms with E-state index >= 15 is 0 Å². The Kier molecular flexibility index (Phi) is 7.30. The predicted octanol–water partition coefficient (Wildman–Crippen LogP) is -0.639. The number of carboxylic acid groups (broad SMARTS) is 1. The van der Waals surface area contributed by atoms with Crippen LogP contribution in [0.1, 0.15) is 5.01 Å². The van der Waals surface area contributed by atoms with E-state index in [-0.39, 0.29) is 34.6 Å². The van der Waals surface area contributed by atoms with Gasteiger partial charge in [0.25, 0.3) is 5.91 Å². The molecular weight excluding hydrogens is 548 g/mol. The van der Waals surface area contributed by atoms with Gasteiger partial charge in [-0.15, -0.1) is 27.1 Å². The fourth-order valence-electron chi connectivity index (χ4n) is 2.90. The molecule has 30 heavy (non-hydrogen) atoms. The summed E-state index contributed by atoms with van der Waals surface area (Å²) in [5.41, 5.74) is 0.627. The molecule has 4 heterocycles. The largest absolute Gasteiger partial charge is 0.477 e. The maximum absolute atomic E-state index is 12.6. The monoisotopic (exact) mass is 561 g/mol. The number of β-lactam (4-membered cyclic amide) rings is 1. The molecule has 2 aromatic heterocycles. The van der Waals surface area contributed by atoms with Crippen molar-refractivity contribution in [1.29, 1.82) is 0 Å². The van der Waals surface area contributed by atoms with Crippen molar-refractivity contribution in [2.75, 3.05) is 11.5 Å². The molecule has 0 saturated carbocycles. The van der Waals surface area contributed by atoms with Crippen LogP contribution in [0.25, 0.3) is 0 Å². The molecule has 2 aliphatic rings. The first-order valence-electron chi connectivity index (χ1n) is 8.27. The van der Waals surface area contributed by atoms with Crippen molar-refractivity contribution in [1.82, 2.24) is 40.6 Å². The number of thioether (sulfide) groups is 2. The summed E-state index contributed by atoms with van der Waals surface area (Å²) in [5, 5.41) is 31.1. The smallest absolute Gasteiger partial charge is 0.352 e. The van der Waals surface area contributed by atoms with Gasteiger partial charge in [-0.2, -0.15) is 0 Å². The molecule has 12 nitrogen and oxygen atoms in total. The molecule has 2 aromatic rings. The van der Waals surface area contributed by atoms with Gasteiger partial charge in [-0.1, -0.05) is 23.1 Å². The van der Waals surface area contributed by atoms with Crippen molar-refractivity contribution < 1.29 is 41.9 Å². The summed E-state index contributed by atoms with van der Waals surface area (Å²) < 4.78 is 1.98. The number of aromatic nitrogens is 6. The van der Waals surface area contributed by atoms with Gasteiger partial charge in [-0.25, -0.2) is 9.48 Å². The Labute approximate surface area is 197 Å². The van der Waals surface area contributed by atoms with E-state index < -0.39 is 29.2 Å². The van der Waals surface area contributed by atoms with E-state index in [1.165, 1.54) is 50.8 Å². The van der Waals surface area contributed by atoms with Gasteiger partial charge in [-0.3, -0.25) is 14.5 Å². The van der Waals surface area contributed by atoms with Crippen molar-refractivity contribution in [2.45, 2.75) is 29.2 Å². The van der Waals surface area contributed by atoms with Crippen LogP contribution in [-0.2, 0) is 43.3 Å². The van der Waals surface area contributed by atoms with E-state index in [9.17, 15) is 19.5 Å². The zero-order valence-electron chi connectivity index (χ0n) is 15.2. The summed E-state index contributed by atoms with van der Waals surface area (Å²) in [6, 6.07) is -0.779. The number of carbonyl (C=O) groups excluding carboxylic acids is 2. The number of hydrogen-bond donors (Lipinski definition) is 2. The third kappa shape index (κ3) is 4.60. The third-order valence-corrected chi connectivity index (χ3v) is 7.54. The molecule has 2 atom stereocenters. The summed E-state index contributed by atoms with van der Waals surface area (Å²) in [7, 11) is 0. The first-order chi connectivity index (χ1) is 13.9. The van der Waals surface area contributed by atoms with Crippen molar-refractivity contribution in [3.05, 3.63) is 22.6 Å². The number of rotatable bonds is 7. The maximum atomic E-state index is 12.6. The average Bonchev–Trinajstić information content (AvgIpc) is 3.35. The number of fused-ring (bicyclic) bond motifs is 1. The first-order valence-corrected chi connectivity index (χ1v) is 11.1. The molecule has 0 aromatic carbocycles. The van der Waals surface area contributed by atoms with Gasteiger partial charge >= 0.3 is 5.97 Å². The second kappa shape index (κ2) is 9.57. The average molecular weight is 562 g/mol. The van der Waals surface area contributed by atoms with Gasteiger partial charge in [0.15, 0.2) is 4.34 Å². The summed E-state index contributed by atoms with van der Waals surface area (Å²) >= 11 is 4.24. The topological polar surface area (TPSA) is 156 Å². The Morgan fingerprint density at radius 3 is 2.83 bits per heavy atom. The molecule has 1 saturated heterocycles. The molecule has 0 bridgehead atoms. The molecule has 0 aliphatic carbocycles. The van der Waals surface area contributed by atoms with Crippen LogP contribution in [0, 0.1) is 6.92 Å². The molecule has 2 amide bonds. The van der Waals surface area contributed by atoms with Gasteiger partial charge in [0.1, 0.15) is 35.0 Å². The van der Waals surface area contributed by atoms with Crippen LogP contribution in [0.4, 0.5) is 0 Å². The van der Waals surface area contributed by atoms with Gasteiger partial charge in [0.05, 0.1) is 0 Å². The minimum Gasteiger partial charge on any atom is -0.477 e. The van der Waals surface area contributed by atoms with Crippen LogP contribution in [0.3, 0.4) is 0 Å². The molecular formula is C14H14AgN8O4S3. The Morgan fingerprint density at radius 2 is 2.20 bits per heavy atom. The van der Waals surface area contributed by atoms with Gasteiger partial charge in [-0.05, 0) is 22.9 Å². The Hall–Kier alpha value is -1.78. The van der Waals surface area contributed by atoms with E-state index in [1.54, 1.807) is 0 Å². The van der Waals surface area contributed by atoms with Crippen molar-refractivity contribution in [3.8, 4) is 0 Å². The normalized spacial score (nSPS) is 20.3. The van der Waals surface area contributed by atoms with Crippen LogP contribution in [0.15, 0.2) is 21.9 Å². The molecule has 16 heteroatoms. The number of tetrazole rings is 1. The van der Waals surface area contributed by atoms with E-state index in [4.69, 9.17) is 0 Å². The number of aryl methyl sites for hydroxylation is 1. The van der Waals surface area contributed by atoms with E-state index in [0.717, 1.165) is 9.35 Å². The Bertz CT molecular complexity index is 997. The summed E-state index contributed by atoms with van der Waals surface area (Å²) in [6.07, 6.45) is 1.29. The van der Waals surface area contributed by atoms with Crippen molar-refractivity contribution in [3.63, 3.8) is 0 Å². The zero-order valence-corrected chi connectivity index (χ0v) is 19.1. The second-order valence-corrected chi connectivity index (χ2v) is 9.60. The van der Waals surface area contributed by atoms with Crippen LogP contribution in [0.5, 0.6) is 0 Å². The molecule has 0 spiro atoms. The number of amides is 2. The summed E-state index contributed by atoms with van der Waals surface area (Å²) in [5.74, 6) is -1.19. The second-order valence-electron chi connectivity index (χ2n) is 6.10. The van der Waals surface area contributed by atoms with E-state index in [0.29, 0.717) is 17.1 Å². The zero-order chi connectivity index (χ0) is 20.5. The number of carbonyl (C=O) groups is 3. The first kappa shape index (κ1) is 22.9. The van der Waals surface area contributed by atoms with E-state index in [1.807, 2.05) is 6.92 Å². The van der Waals surface area contributed by atoms with Gasteiger partial charge in [0.2, 0.25) is 5.91 Å². The predicted molar refractivity (Wildman–Crippen MR) is 103 cm³/mol.